The molecule has 0 bridgehead atoms. The van der Waals surface area contributed by atoms with E-state index in [-0.39, 0.29) is 5.91 Å². The number of carbonyl (C=O) groups is 1. The van der Waals surface area contributed by atoms with Gasteiger partial charge in [-0.15, -0.1) is 11.3 Å². The molecule has 3 aromatic heterocycles. The molecule has 0 atom stereocenters. The highest BCUT2D eigenvalue weighted by atomic mass is 32.1. The summed E-state index contributed by atoms with van der Waals surface area (Å²) in [6.07, 6.45) is 1.76. The number of carbonyl (C=O) groups excluding carboxylic acids is 1. The predicted octanol–water partition coefficient (Wildman–Crippen LogP) is 5.15. The second-order valence-electron chi connectivity index (χ2n) is 9.66. The molecule has 0 aliphatic carbocycles. The Morgan fingerprint density at radius 2 is 1.92 bits per heavy atom. The van der Waals surface area contributed by atoms with Crippen LogP contribution in [0.3, 0.4) is 0 Å². The van der Waals surface area contributed by atoms with Crippen LogP contribution < -0.4 is 16.4 Å². The van der Waals surface area contributed by atoms with E-state index in [9.17, 15) is 4.79 Å². The number of anilines is 4. The fourth-order valence-corrected chi connectivity index (χ4v) is 5.87. The summed E-state index contributed by atoms with van der Waals surface area (Å²) in [6.45, 7) is 9.52. The average Bonchev–Trinajstić information content (AvgIpc) is 3.65. The maximum Gasteiger partial charge on any atom is 0.258 e. The lowest BCUT2D eigenvalue weighted by Crippen LogP contribution is -2.24. The molecule has 6 rings (SSSR count). The van der Waals surface area contributed by atoms with Crippen molar-refractivity contribution in [1.29, 1.82) is 0 Å². The molecule has 194 valence electrons. The van der Waals surface area contributed by atoms with E-state index in [4.69, 9.17) is 5.73 Å². The summed E-state index contributed by atoms with van der Waals surface area (Å²) >= 11 is 1.40. The Balaban J connectivity index is 1.23. The minimum absolute atomic E-state index is 0.222. The number of nitrogens with zero attached hydrogens (tertiary/aromatic N) is 4. The topological polar surface area (TPSA) is 115 Å². The Labute approximate surface area is 224 Å². The molecule has 38 heavy (non-hydrogen) atoms. The zero-order valence-corrected chi connectivity index (χ0v) is 22.2. The maximum absolute atomic E-state index is 13.2. The van der Waals surface area contributed by atoms with Crippen LogP contribution in [-0.2, 0) is 6.54 Å². The quantitative estimate of drug-likeness (QED) is 0.232. The molecular weight excluding hydrogens is 496 g/mol. The molecular formula is C28H30N8OS. The van der Waals surface area contributed by atoms with Crippen LogP contribution in [0.25, 0.3) is 21.0 Å². The number of thiophene rings is 1. The number of aromatic amines is 1. The first-order valence-electron chi connectivity index (χ1n) is 12.7. The van der Waals surface area contributed by atoms with Crippen LogP contribution in [-0.4, -0.2) is 57.2 Å². The van der Waals surface area contributed by atoms with Gasteiger partial charge in [0.05, 0.1) is 22.6 Å². The Hall–Kier alpha value is -3.99. The number of fused-ring (bicyclic) bond motifs is 2. The number of likely N-dealkylation sites (N-methyl/N-ethyl adjacent to an activating group) is 1. The molecule has 1 saturated heterocycles. The third-order valence-electron chi connectivity index (χ3n) is 7.14. The molecule has 5 aromatic rings. The largest absolute Gasteiger partial charge is 0.383 e. The van der Waals surface area contributed by atoms with E-state index in [1.54, 1.807) is 11.6 Å². The molecule has 5 N–H and O–H groups in total. The predicted molar refractivity (Wildman–Crippen MR) is 155 cm³/mol. The number of nitrogens with one attached hydrogen (secondary N) is 3. The Morgan fingerprint density at radius 3 is 2.71 bits per heavy atom. The number of nitrogens with two attached hydrogens (primary N) is 1. The van der Waals surface area contributed by atoms with Crippen LogP contribution in [0.4, 0.5) is 23.0 Å². The van der Waals surface area contributed by atoms with Crippen LogP contribution >= 0.6 is 11.3 Å². The Morgan fingerprint density at radius 1 is 1.11 bits per heavy atom. The number of amides is 1. The number of hydrogen-bond acceptors (Lipinski definition) is 8. The summed E-state index contributed by atoms with van der Waals surface area (Å²) in [5.41, 5.74) is 11.0. The van der Waals surface area contributed by atoms with E-state index in [0.717, 1.165) is 71.1 Å². The van der Waals surface area contributed by atoms with E-state index in [2.05, 4.69) is 66.8 Å². The lowest BCUT2D eigenvalue weighted by Gasteiger charge is -2.17. The molecule has 0 radical (unpaired) electrons. The smallest absolute Gasteiger partial charge is 0.258 e. The normalized spacial score (nSPS) is 14.5. The van der Waals surface area contributed by atoms with Gasteiger partial charge in [0, 0.05) is 47.7 Å². The fraction of sp³-hybridized carbons (Fsp3) is 0.250. The van der Waals surface area contributed by atoms with Gasteiger partial charge in [0.1, 0.15) is 17.2 Å². The fourth-order valence-electron chi connectivity index (χ4n) is 4.97. The molecule has 1 amide bonds. The summed E-state index contributed by atoms with van der Waals surface area (Å²) in [5, 5.41) is 17.2. The van der Waals surface area contributed by atoms with E-state index < -0.39 is 0 Å². The van der Waals surface area contributed by atoms with Gasteiger partial charge in [-0.05, 0) is 42.8 Å². The lowest BCUT2D eigenvalue weighted by molar-refractivity contribution is 0.102. The van der Waals surface area contributed by atoms with E-state index in [1.165, 1.54) is 16.9 Å². The summed E-state index contributed by atoms with van der Waals surface area (Å²) in [5.74, 6) is 0.988. The van der Waals surface area contributed by atoms with Crippen molar-refractivity contribution in [3.05, 3.63) is 70.7 Å². The van der Waals surface area contributed by atoms with Crippen LogP contribution in [0, 0.1) is 6.92 Å². The lowest BCUT2D eigenvalue weighted by atomic mass is 10.0. The highest BCUT2D eigenvalue weighted by Crippen LogP contribution is 2.34. The summed E-state index contributed by atoms with van der Waals surface area (Å²) in [7, 11) is 0. The molecule has 0 unspecified atom stereocenters. The number of nitrogen functional groups attached to an aromatic ring is 1. The van der Waals surface area contributed by atoms with Crippen LogP contribution in [0.2, 0.25) is 0 Å². The van der Waals surface area contributed by atoms with Crippen molar-refractivity contribution in [2.24, 2.45) is 0 Å². The van der Waals surface area contributed by atoms with Gasteiger partial charge in [0.15, 0.2) is 0 Å². The molecule has 9 nitrogen and oxygen atoms in total. The Bertz CT molecular complexity index is 1620. The van der Waals surface area contributed by atoms with Crippen LogP contribution in [0.1, 0.15) is 28.4 Å². The van der Waals surface area contributed by atoms with Crippen LogP contribution in [0.15, 0.2) is 54.0 Å². The van der Waals surface area contributed by atoms with Crippen molar-refractivity contribution in [3.8, 4) is 0 Å². The minimum atomic E-state index is -0.222. The van der Waals surface area contributed by atoms with Gasteiger partial charge in [-0.1, -0.05) is 31.2 Å². The third-order valence-corrected chi connectivity index (χ3v) is 8.14. The molecule has 1 aliphatic heterocycles. The second kappa shape index (κ2) is 10.1. The standard InChI is InChI=1S/C28H30N8OS/c1-3-35-12-13-36(16-35)14-18-5-7-19(8-6-18)31-27-21-9-4-17(2)23(20(21)10-11-30-27)32-28(37)22-15-38-25-24(22)33-34-26(25)29/h4-11,15H,3,12-14,16H2,1-2H3,(H,30,31)(H,32,37)(H3,29,33,34). The van der Waals surface area contributed by atoms with Crippen LogP contribution in [0.5, 0.6) is 0 Å². The monoisotopic (exact) mass is 526 g/mol. The van der Waals surface area contributed by atoms with Crippen molar-refractivity contribution < 1.29 is 4.79 Å². The van der Waals surface area contributed by atoms with Gasteiger partial charge in [0.25, 0.3) is 5.91 Å². The number of aromatic nitrogens is 3. The third kappa shape index (κ3) is 4.58. The van der Waals surface area contributed by atoms with Gasteiger partial charge in [0.2, 0.25) is 0 Å². The number of H-pyrrole nitrogens is 1. The first-order chi connectivity index (χ1) is 18.5. The van der Waals surface area contributed by atoms with Crippen molar-refractivity contribution in [2.45, 2.75) is 20.4 Å². The number of rotatable bonds is 7. The Kier molecular flexibility index (Phi) is 6.44. The first kappa shape index (κ1) is 24.4. The molecule has 2 aromatic carbocycles. The molecule has 1 fully saturated rings. The number of benzene rings is 2. The molecule has 0 saturated carbocycles. The summed E-state index contributed by atoms with van der Waals surface area (Å²) < 4.78 is 0.787. The SMILES string of the molecule is CCN1CCN(Cc2ccc(Nc3nccc4c(NC(=O)c5csc6c(N)[nH]nc56)c(C)ccc34)cc2)C1. The molecule has 1 aliphatic rings. The van der Waals surface area contributed by atoms with E-state index in [1.807, 2.05) is 25.1 Å². The van der Waals surface area contributed by atoms with Gasteiger partial charge >= 0.3 is 0 Å². The van der Waals surface area contributed by atoms with Crippen molar-refractivity contribution in [1.82, 2.24) is 25.0 Å². The average molecular weight is 527 g/mol. The summed E-state index contributed by atoms with van der Waals surface area (Å²) in [6, 6.07) is 14.5. The number of aryl methyl sites for hydroxylation is 1. The van der Waals surface area contributed by atoms with Crippen molar-refractivity contribution in [2.75, 3.05) is 42.7 Å². The molecule has 10 heteroatoms. The highest BCUT2D eigenvalue weighted by Gasteiger charge is 2.20. The zero-order valence-electron chi connectivity index (χ0n) is 21.4. The van der Waals surface area contributed by atoms with E-state index >= 15 is 0 Å². The molecule has 4 heterocycles. The van der Waals surface area contributed by atoms with Gasteiger partial charge < -0.3 is 16.4 Å². The minimum Gasteiger partial charge on any atom is -0.383 e. The molecule has 0 spiro atoms. The number of hydrogen-bond donors (Lipinski definition) is 4. The second-order valence-corrected chi connectivity index (χ2v) is 10.5. The zero-order chi connectivity index (χ0) is 26.2. The van der Waals surface area contributed by atoms with Crippen molar-refractivity contribution >= 4 is 61.2 Å². The maximum atomic E-state index is 13.2. The number of pyridine rings is 1. The van der Waals surface area contributed by atoms with Crippen molar-refractivity contribution in [3.63, 3.8) is 0 Å². The van der Waals surface area contributed by atoms with E-state index in [0.29, 0.717) is 16.9 Å². The van der Waals surface area contributed by atoms with Gasteiger partial charge in [-0.2, -0.15) is 5.10 Å². The van der Waals surface area contributed by atoms with Gasteiger partial charge in [-0.25, -0.2) is 4.98 Å². The summed E-state index contributed by atoms with van der Waals surface area (Å²) in [4.78, 5) is 22.8. The first-order valence-corrected chi connectivity index (χ1v) is 13.6. The van der Waals surface area contributed by atoms with Gasteiger partial charge in [-0.3, -0.25) is 19.7 Å². The highest BCUT2D eigenvalue weighted by molar-refractivity contribution is 7.18.